The Balaban J connectivity index is 2.24. The molecule has 0 fully saturated rings. The Bertz CT molecular complexity index is 381. The van der Waals surface area contributed by atoms with Crippen LogP contribution in [0, 0.1) is 11.5 Å². The molecule has 5 nitrogen and oxygen atoms in total. The number of rotatable bonds is 4. The first-order valence-electron chi connectivity index (χ1n) is 4.22. The van der Waals surface area contributed by atoms with Gasteiger partial charge in [-0.25, -0.2) is 0 Å². The van der Waals surface area contributed by atoms with Crippen molar-refractivity contribution in [3.63, 3.8) is 0 Å². The standard InChI is InChI=1S/C9H9N3O2S/c10-6-12-8(13)1-3-11-9(14)7-2-4-15-5-7/h2,4-5H,1,3H2,(H,11,14)(H,12,13). The molecular weight excluding hydrogens is 214 g/mol. The van der Waals surface area contributed by atoms with E-state index < -0.39 is 5.91 Å². The first-order valence-corrected chi connectivity index (χ1v) is 5.16. The van der Waals surface area contributed by atoms with Gasteiger partial charge < -0.3 is 5.32 Å². The van der Waals surface area contributed by atoms with Crippen LogP contribution in [-0.4, -0.2) is 18.4 Å². The summed E-state index contributed by atoms with van der Waals surface area (Å²) >= 11 is 1.43. The highest BCUT2D eigenvalue weighted by atomic mass is 32.1. The van der Waals surface area contributed by atoms with Crippen LogP contribution in [0.5, 0.6) is 0 Å². The highest BCUT2D eigenvalue weighted by Crippen LogP contribution is 2.04. The third kappa shape index (κ3) is 3.79. The normalized spacial score (nSPS) is 9.00. The molecule has 0 atom stereocenters. The zero-order valence-electron chi connectivity index (χ0n) is 7.82. The topological polar surface area (TPSA) is 82.0 Å². The van der Waals surface area contributed by atoms with Crippen LogP contribution in [-0.2, 0) is 4.79 Å². The van der Waals surface area contributed by atoms with Crippen LogP contribution in [0.4, 0.5) is 0 Å². The Morgan fingerprint density at radius 3 is 2.93 bits per heavy atom. The van der Waals surface area contributed by atoms with Crippen molar-refractivity contribution in [2.24, 2.45) is 0 Å². The van der Waals surface area contributed by atoms with Gasteiger partial charge in [-0.2, -0.15) is 16.6 Å². The lowest BCUT2D eigenvalue weighted by Gasteiger charge is -2.01. The molecule has 2 N–H and O–H groups in total. The first kappa shape index (κ1) is 11.2. The van der Waals surface area contributed by atoms with Gasteiger partial charge in [0.1, 0.15) is 0 Å². The molecule has 0 aliphatic carbocycles. The molecular formula is C9H9N3O2S. The summed E-state index contributed by atoms with van der Waals surface area (Å²) in [6.45, 7) is 0.224. The van der Waals surface area contributed by atoms with Crippen molar-refractivity contribution < 1.29 is 9.59 Å². The lowest BCUT2D eigenvalue weighted by molar-refractivity contribution is -0.119. The van der Waals surface area contributed by atoms with Gasteiger partial charge in [0.2, 0.25) is 5.91 Å². The van der Waals surface area contributed by atoms with E-state index in [1.807, 2.05) is 5.32 Å². The van der Waals surface area contributed by atoms with Crippen molar-refractivity contribution >= 4 is 23.2 Å². The smallest absolute Gasteiger partial charge is 0.252 e. The highest BCUT2D eigenvalue weighted by Gasteiger charge is 2.05. The Hall–Kier alpha value is -1.87. The Labute approximate surface area is 90.7 Å². The third-order valence-electron chi connectivity index (χ3n) is 1.62. The van der Waals surface area contributed by atoms with Gasteiger partial charge >= 0.3 is 0 Å². The van der Waals surface area contributed by atoms with Crippen LogP contribution in [0.3, 0.4) is 0 Å². The van der Waals surface area contributed by atoms with Gasteiger partial charge in [-0.05, 0) is 11.4 Å². The second kappa shape index (κ2) is 5.78. The Morgan fingerprint density at radius 1 is 1.53 bits per heavy atom. The SMILES string of the molecule is N#CNC(=O)CCNC(=O)c1ccsc1. The van der Waals surface area contributed by atoms with Gasteiger partial charge in [0.15, 0.2) is 6.19 Å². The van der Waals surface area contributed by atoms with Gasteiger partial charge in [-0.15, -0.1) is 0 Å². The number of nitrogens with one attached hydrogen (secondary N) is 2. The molecule has 6 heteroatoms. The second-order valence-electron chi connectivity index (χ2n) is 2.68. The van der Waals surface area contributed by atoms with Gasteiger partial charge in [-0.1, -0.05) is 0 Å². The van der Waals surface area contributed by atoms with E-state index in [-0.39, 0.29) is 18.9 Å². The fourth-order valence-corrected chi connectivity index (χ4v) is 1.55. The molecule has 1 heterocycles. The average Bonchev–Trinajstić information content (AvgIpc) is 2.70. The van der Waals surface area contributed by atoms with E-state index in [1.165, 1.54) is 17.5 Å². The number of amides is 2. The molecule has 0 saturated carbocycles. The van der Waals surface area contributed by atoms with Crippen molar-refractivity contribution in [2.75, 3.05) is 6.54 Å². The number of nitrogens with zero attached hydrogens (tertiary/aromatic N) is 1. The van der Waals surface area contributed by atoms with E-state index >= 15 is 0 Å². The van der Waals surface area contributed by atoms with Crippen molar-refractivity contribution in [3.8, 4) is 6.19 Å². The number of carbonyl (C=O) groups is 2. The van der Waals surface area contributed by atoms with Crippen LogP contribution in [0.25, 0.3) is 0 Å². The molecule has 0 saturated heterocycles. The van der Waals surface area contributed by atoms with E-state index in [1.54, 1.807) is 16.8 Å². The lowest BCUT2D eigenvalue weighted by atomic mass is 10.3. The molecule has 1 aromatic heterocycles. The molecule has 15 heavy (non-hydrogen) atoms. The maximum Gasteiger partial charge on any atom is 0.252 e. The molecule has 0 bridgehead atoms. The first-order chi connectivity index (χ1) is 7.24. The number of thiophene rings is 1. The predicted octanol–water partition coefficient (Wildman–Crippen LogP) is 0.465. The lowest BCUT2D eigenvalue weighted by Crippen LogP contribution is -2.28. The molecule has 0 radical (unpaired) electrons. The molecule has 0 aliphatic heterocycles. The van der Waals surface area contributed by atoms with Crippen molar-refractivity contribution in [3.05, 3.63) is 22.4 Å². The van der Waals surface area contributed by atoms with Gasteiger partial charge in [0.25, 0.3) is 5.91 Å². The maximum absolute atomic E-state index is 11.3. The predicted molar refractivity (Wildman–Crippen MR) is 55.0 cm³/mol. The van der Waals surface area contributed by atoms with Crippen LogP contribution >= 0.6 is 11.3 Å². The Kier molecular flexibility index (Phi) is 4.31. The fraction of sp³-hybridized carbons (Fsp3) is 0.222. The summed E-state index contributed by atoms with van der Waals surface area (Å²) in [6, 6.07) is 1.70. The van der Waals surface area contributed by atoms with E-state index in [0.717, 1.165) is 0 Å². The monoisotopic (exact) mass is 223 g/mol. The fourth-order valence-electron chi connectivity index (χ4n) is 0.910. The summed E-state index contributed by atoms with van der Waals surface area (Å²) < 4.78 is 0. The maximum atomic E-state index is 11.3. The van der Waals surface area contributed by atoms with Crippen LogP contribution in [0.2, 0.25) is 0 Å². The number of nitriles is 1. The zero-order chi connectivity index (χ0) is 11.1. The minimum atomic E-state index is -0.400. The number of hydrogen-bond acceptors (Lipinski definition) is 4. The third-order valence-corrected chi connectivity index (χ3v) is 2.30. The molecule has 0 unspecified atom stereocenters. The molecule has 1 aromatic rings. The minimum Gasteiger partial charge on any atom is -0.351 e. The summed E-state index contributed by atoms with van der Waals surface area (Å²) in [6.07, 6.45) is 1.62. The minimum absolute atomic E-state index is 0.101. The zero-order valence-corrected chi connectivity index (χ0v) is 8.63. The van der Waals surface area contributed by atoms with Crippen molar-refractivity contribution in [2.45, 2.75) is 6.42 Å². The van der Waals surface area contributed by atoms with Gasteiger partial charge in [0.05, 0.1) is 0 Å². The molecule has 1 rings (SSSR count). The van der Waals surface area contributed by atoms with Crippen molar-refractivity contribution in [1.82, 2.24) is 10.6 Å². The largest absolute Gasteiger partial charge is 0.351 e. The average molecular weight is 223 g/mol. The molecule has 0 spiro atoms. The number of hydrogen-bond donors (Lipinski definition) is 2. The molecule has 0 aromatic carbocycles. The van der Waals surface area contributed by atoms with E-state index in [9.17, 15) is 9.59 Å². The molecule has 78 valence electrons. The van der Waals surface area contributed by atoms with Gasteiger partial charge in [0, 0.05) is 23.9 Å². The van der Waals surface area contributed by atoms with E-state index in [2.05, 4.69) is 5.32 Å². The summed E-state index contributed by atoms with van der Waals surface area (Å²) in [5.41, 5.74) is 0.584. The molecule has 2 amide bonds. The Morgan fingerprint density at radius 2 is 2.33 bits per heavy atom. The summed E-state index contributed by atoms with van der Waals surface area (Å²) in [7, 11) is 0. The second-order valence-corrected chi connectivity index (χ2v) is 3.46. The summed E-state index contributed by atoms with van der Waals surface area (Å²) in [4.78, 5) is 22.2. The van der Waals surface area contributed by atoms with E-state index in [4.69, 9.17) is 5.26 Å². The highest BCUT2D eigenvalue weighted by molar-refractivity contribution is 7.08. The quantitative estimate of drug-likeness (QED) is 0.575. The van der Waals surface area contributed by atoms with Crippen LogP contribution in [0.15, 0.2) is 16.8 Å². The van der Waals surface area contributed by atoms with E-state index in [0.29, 0.717) is 5.56 Å². The summed E-state index contributed by atoms with van der Waals surface area (Å²) in [5.74, 6) is -0.607. The van der Waals surface area contributed by atoms with Crippen LogP contribution in [0.1, 0.15) is 16.8 Å². The van der Waals surface area contributed by atoms with Crippen molar-refractivity contribution in [1.29, 1.82) is 5.26 Å². The van der Waals surface area contributed by atoms with Crippen LogP contribution < -0.4 is 10.6 Å². The number of carbonyl (C=O) groups excluding carboxylic acids is 2. The summed E-state index contributed by atoms with van der Waals surface area (Å²) in [5, 5.41) is 16.2. The van der Waals surface area contributed by atoms with Gasteiger partial charge in [-0.3, -0.25) is 14.9 Å². The molecule has 0 aliphatic rings.